The highest BCUT2D eigenvalue weighted by Gasteiger charge is 2.14. The predicted molar refractivity (Wildman–Crippen MR) is 95.5 cm³/mol. The summed E-state index contributed by atoms with van der Waals surface area (Å²) in [6.07, 6.45) is 0.623. The van der Waals surface area contributed by atoms with E-state index in [1.54, 1.807) is 25.2 Å². The standard InChI is InChI=1S/C18H18FN3O3S/c1-22(10-11-24-14-6-3-2-5-13(14)19)17(23)9-8-16-20-18(21-25-16)15-7-4-12-26-15/h2-7,12H,8-11H2,1H3. The SMILES string of the molecule is CN(CCOc1ccccc1F)C(=O)CCc1nc(-c2cccs2)no1. The predicted octanol–water partition coefficient (Wildman–Crippen LogP) is 3.41. The van der Waals surface area contributed by atoms with Gasteiger partial charge in [-0.3, -0.25) is 4.79 Å². The van der Waals surface area contributed by atoms with Crippen LogP contribution >= 0.6 is 11.3 Å². The molecule has 0 bridgehead atoms. The molecular weight excluding hydrogens is 357 g/mol. The van der Waals surface area contributed by atoms with Crippen LogP contribution in [-0.2, 0) is 11.2 Å². The molecule has 0 radical (unpaired) electrons. The lowest BCUT2D eigenvalue weighted by Gasteiger charge is -2.17. The number of nitrogens with zero attached hydrogens (tertiary/aromatic N) is 3. The van der Waals surface area contributed by atoms with Crippen LogP contribution in [0.4, 0.5) is 4.39 Å². The number of hydrogen-bond acceptors (Lipinski definition) is 6. The Kier molecular flexibility index (Phi) is 5.96. The molecule has 0 unspecified atom stereocenters. The number of aryl methyl sites for hydroxylation is 1. The van der Waals surface area contributed by atoms with Crippen LogP contribution in [0.3, 0.4) is 0 Å². The second-order valence-corrected chi connectivity index (χ2v) is 6.53. The third-order valence-electron chi connectivity index (χ3n) is 3.71. The van der Waals surface area contributed by atoms with Crippen LogP contribution in [0.25, 0.3) is 10.7 Å². The van der Waals surface area contributed by atoms with E-state index in [4.69, 9.17) is 9.26 Å². The molecule has 0 spiro atoms. The molecule has 136 valence electrons. The van der Waals surface area contributed by atoms with Gasteiger partial charge >= 0.3 is 0 Å². The summed E-state index contributed by atoms with van der Waals surface area (Å²) in [5.74, 6) is 0.657. The lowest BCUT2D eigenvalue weighted by molar-refractivity contribution is -0.130. The zero-order chi connectivity index (χ0) is 18.4. The number of benzene rings is 1. The van der Waals surface area contributed by atoms with Gasteiger partial charge in [-0.2, -0.15) is 4.98 Å². The van der Waals surface area contributed by atoms with Gasteiger partial charge in [-0.25, -0.2) is 4.39 Å². The Bertz CT molecular complexity index is 851. The first-order valence-corrected chi connectivity index (χ1v) is 8.99. The van der Waals surface area contributed by atoms with E-state index in [1.807, 2.05) is 17.5 Å². The number of para-hydroxylation sites is 1. The molecule has 6 nitrogen and oxygen atoms in total. The van der Waals surface area contributed by atoms with Crippen molar-refractivity contribution in [2.24, 2.45) is 0 Å². The fraction of sp³-hybridized carbons (Fsp3) is 0.278. The van der Waals surface area contributed by atoms with Crippen molar-refractivity contribution >= 4 is 17.2 Å². The quantitative estimate of drug-likeness (QED) is 0.604. The molecule has 0 fully saturated rings. The Morgan fingerprint density at radius 1 is 1.31 bits per heavy atom. The van der Waals surface area contributed by atoms with Gasteiger partial charge in [0, 0.05) is 19.9 Å². The highest BCUT2D eigenvalue weighted by Crippen LogP contribution is 2.21. The fourth-order valence-electron chi connectivity index (χ4n) is 2.25. The molecule has 0 saturated heterocycles. The maximum absolute atomic E-state index is 13.5. The molecule has 1 aromatic carbocycles. The van der Waals surface area contributed by atoms with E-state index in [1.165, 1.54) is 22.3 Å². The van der Waals surface area contributed by atoms with Crippen molar-refractivity contribution in [2.45, 2.75) is 12.8 Å². The van der Waals surface area contributed by atoms with Crippen LogP contribution in [-0.4, -0.2) is 41.1 Å². The number of carbonyl (C=O) groups is 1. The number of halogens is 1. The van der Waals surface area contributed by atoms with Crippen LogP contribution in [0.1, 0.15) is 12.3 Å². The van der Waals surface area contributed by atoms with Gasteiger partial charge in [0.1, 0.15) is 6.61 Å². The first-order valence-electron chi connectivity index (χ1n) is 8.11. The van der Waals surface area contributed by atoms with Gasteiger partial charge in [0.25, 0.3) is 0 Å². The summed E-state index contributed by atoms with van der Waals surface area (Å²) < 4.78 is 24.0. The molecular formula is C18H18FN3O3S. The first-order chi connectivity index (χ1) is 12.6. The summed E-state index contributed by atoms with van der Waals surface area (Å²) in [5.41, 5.74) is 0. The maximum atomic E-state index is 13.5. The molecule has 0 aliphatic carbocycles. The molecule has 0 aliphatic heterocycles. The molecule has 0 atom stereocenters. The minimum atomic E-state index is -0.417. The average molecular weight is 375 g/mol. The Hall–Kier alpha value is -2.74. The second kappa shape index (κ2) is 8.57. The smallest absolute Gasteiger partial charge is 0.227 e. The largest absolute Gasteiger partial charge is 0.489 e. The van der Waals surface area contributed by atoms with Crippen LogP contribution in [0.5, 0.6) is 5.75 Å². The Balaban J connectivity index is 1.42. The third kappa shape index (κ3) is 4.66. The molecule has 0 saturated carbocycles. The van der Waals surface area contributed by atoms with Gasteiger partial charge in [-0.15, -0.1) is 11.3 Å². The molecule has 3 aromatic rings. The second-order valence-electron chi connectivity index (χ2n) is 5.58. The normalized spacial score (nSPS) is 10.7. The Labute approximate surface area is 154 Å². The highest BCUT2D eigenvalue weighted by molar-refractivity contribution is 7.13. The molecule has 26 heavy (non-hydrogen) atoms. The number of hydrogen-bond donors (Lipinski definition) is 0. The van der Waals surface area contributed by atoms with Gasteiger partial charge in [-0.05, 0) is 23.6 Å². The highest BCUT2D eigenvalue weighted by atomic mass is 32.1. The summed E-state index contributed by atoms with van der Waals surface area (Å²) in [7, 11) is 1.68. The van der Waals surface area contributed by atoms with Gasteiger partial charge < -0.3 is 14.2 Å². The monoisotopic (exact) mass is 375 g/mol. The molecule has 1 amide bonds. The van der Waals surface area contributed by atoms with Crippen molar-refractivity contribution < 1.29 is 18.4 Å². The minimum absolute atomic E-state index is 0.0713. The van der Waals surface area contributed by atoms with E-state index >= 15 is 0 Å². The van der Waals surface area contributed by atoms with Gasteiger partial charge in [0.2, 0.25) is 17.6 Å². The lowest BCUT2D eigenvalue weighted by atomic mass is 10.3. The maximum Gasteiger partial charge on any atom is 0.227 e. The summed E-state index contributed by atoms with van der Waals surface area (Å²) in [4.78, 5) is 18.9. The Morgan fingerprint density at radius 2 is 2.15 bits per heavy atom. The summed E-state index contributed by atoms with van der Waals surface area (Å²) in [6.45, 7) is 0.573. The number of carbonyl (C=O) groups excluding carboxylic acids is 1. The summed E-state index contributed by atoms with van der Waals surface area (Å²) >= 11 is 1.53. The number of rotatable bonds is 8. The molecule has 2 heterocycles. The molecule has 3 rings (SSSR count). The Morgan fingerprint density at radius 3 is 2.92 bits per heavy atom. The van der Waals surface area contributed by atoms with E-state index in [-0.39, 0.29) is 24.7 Å². The van der Waals surface area contributed by atoms with Crippen molar-refractivity contribution in [1.29, 1.82) is 0 Å². The fourth-order valence-corrected chi connectivity index (χ4v) is 2.90. The molecule has 0 N–H and O–H groups in total. The van der Waals surface area contributed by atoms with Gasteiger partial charge in [-0.1, -0.05) is 23.4 Å². The number of aromatic nitrogens is 2. The van der Waals surface area contributed by atoms with Crippen LogP contribution < -0.4 is 4.74 Å². The zero-order valence-corrected chi connectivity index (χ0v) is 15.0. The van der Waals surface area contributed by atoms with Crippen molar-refractivity contribution in [3.05, 3.63) is 53.5 Å². The summed E-state index contributed by atoms with van der Waals surface area (Å²) in [5, 5.41) is 5.85. The van der Waals surface area contributed by atoms with E-state index in [2.05, 4.69) is 10.1 Å². The van der Waals surface area contributed by atoms with Crippen LogP contribution in [0, 0.1) is 5.82 Å². The van der Waals surface area contributed by atoms with Crippen molar-refractivity contribution in [3.63, 3.8) is 0 Å². The average Bonchev–Trinajstić information content (AvgIpc) is 3.32. The van der Waals surface area contributed by atoms with Crippen LogP contribution in [0.2, 0.25) is 0 Å². The van der Waals surface area contributed by atoms with Crippen molar-refractivity contribution in [1.82, 2.24) is 15.0 Å². The number of ether oxygens (including phenoxy) is 1. The molecule has 0 aliphatic rings. The van der Waals surface area contributed by atoms with E-state index in [0.717, 1.165) is 4.88 Å². The van der Waals surface area contributed by atoms with Crippen LogP contribution in [0.15, 0.2) is 46.3 Å². The summed E-state index contributed by atoms with van der Waals surface area (Å²) in [6, 6.07) is 10.0. The van der Waals surface area contributed by atoms with Gasteiger partial charge in [0.15, 0.2) is 11.6 Å². The van der Waals surface area contributed by atoms with Gasteiger partial charge in [0.05, 0.1) is 11.4 Å². The minimum Gasteiger partial charge on any atom is -0.489 e. The topological polar surface area (TPSA) is 68.5 Å². The van der Waals surface area contributed by atoms with E-state index < -0.39 is 5.82 Å². The lowest BCUT2D eigenvalue weighted by Crippen LogP contribution is -2.31. The molecule has 2 aromatic heterocycles. The number of thiophene rings is 1. The molecule has 8 heteroatoms. The number of amides is 1. The van der Waals surface area contributed by atoms with E-state index in [9.17, 15) is 9.18 Å². The van der Waals surface area contributed by atoms with E-state index in [0.29, 0.717) is 24.7 Å². The number of likely N-dealkylation sites (N-methyl/N-ethyl adjacent to an activating group) is 1. The zero-order valence-electron chi connectivity index (χ0n) is 14.2. The third-order valence-corrected chi connectivity index (χ3v) is 4.57. The first kappa shape index (κ1) is 18.1. The van der Waals surface area contributed by atoms with Crippen molar-refractivity contribution in [3.8, 4) is 16.5 Å². The van der Waals surface area contributed by atoms with Crippen molar-refractivity contribution in [2.75, 3.05) is 20.2 Å².